The minimum atomic E-state index is 0.278. The second kappa shape index (κ2) is 9.78. The van der Waals surface area contributed by atoms with Crippen LogP contribution in [0.2, 0.25) is 0 Å². The molecule has 0 bridgehead atoms. The first-order valence-electron chi connectivity index (χ1n) is 9.06. The molecule has 0 amide bonds. The van der Waals surface area contributed by atoms with Gasteiger partial charge in [0.15, 0.2) is 0 Å². The minimum absolute atomic E-state index is 0.278. The number of likely N-dealkylation sites (N-methyl/N-ethyl adjacent to an activating group) is 1. The second-order valence-corrected chi connectivity index (χ2v) is 7.08. The van der Waals surface area contributed by atoms with Crippen LogP contribution in [0.15, 0.2) is 0 Å². The van der Waals surface area contributed by atoms with Gasteiger partial charge in [-0.15, -0.1) is 0 Å². The summed E-state index contributed by atoms with van der Waals surface area (Å²) in [5.41, 5.74) is 6.93. The summed E-state index contributed by atoms with van der Waals surface area (Å²) < 4.78 is 0. The van der Waals surface area contributed by atoms with Crippen molar-refractivity contribution in [3.8, 4) is 0 Å². The zero-order valence-corrected chi connectivity index (χ0v) is 14.3. The molecule has 2 N–H and O–H groups in total. The van der Waals surface area contributed by atoms with Gasteiger partial charge in [-0.1, -0.05) is 71.1 Å². The molecule has 1 rings (SSSR count). The largest absolute Gasteiger partial charge is 0.326 e. The molecule has 0 heterocycles. The maximum atomic E-state index is 6.65. The van der Waals surface area contributed by atoms with Crippen molar-refractivity contribution in [1.82, 2.24) is 4.90 Å². The molecule has 0 aliphatic heterocycles. The molecule has 1 aliphatic rings. The molecular weight excluding hydrogens is 244 g/mol. The first-order chi connectivity index (χ1) is 9.63. The van der Waals surface area contributed by atoms with E-state index >= 15 is 0 Å². The molecule has 2 nitrogen and oxygen atoms in total. The third-order valence-electron chi connectivity index (χ3n) is 5.42. The first kappa shape index (κ1) is 18.0. The van der Waals surface area contributed by atoms with Crippen molar-refractivity contribution in [3.05, 3.63) is 0 Å². The van der Waals surface area contributed by atoms with Crippen LogP contribution in [0.1, 0.15) is 90.4 Å². The fourth-order valence-corrected chi connectivity index (χ4v) is 3.90. The molecule has 0 saturated heterocycles. The lowest BCUT2D eigenvalue weighted by molar-refractivity contribution is 0.0920. The van der Waals surface area contributed by atoms with Gasteiger partial charge in [-0.2, -0.15) is 0 Å². The van der Waals surface area contributed by atoms with Gasteiger partial charge in [0.05, 0.1) is 0 Å². The van der Waals surface area contributed by atoms with E-state index in [1.165, 1.54) is 83.5 Å². The molecule has 120 valence electrons. The van der Waals surface area contributed by atoms with Crippen molar-refractivity contribution in [3.63, 3.8) is 0 Å². The summed E-state index contributed by atoms with van der Waals surface area (Å²) in [4.78, 5) is 2.44. The average molecular weight is 283 g/mol. The van der Waals surface area contributed by atoms with Crippen LogP contribution in [-0.2, 0) is 0 Å². The number of hydrogen-bond donors (Lipinski definition) is 1. The van der Waals surface area contributed by atoms with Crippen LogP contribution >= 0.6 is 0 Å². The van der Waals surface area contributed by atoms with Crippen LogP contribution in [0.3, 0.4) is 0 Å². The van der Waals surface area contributed by atoms with Crippen molar-refractivity contribution in [2.75, 3.05) is 14.1 Å². The fraction of sp³-hybridized carbons (Fsp3) is 1.00. The Bertz CT molecular complexity index is 230. The van der Waals surface area contributed by atoms with Gasteiger partial charge in [0.1, 0.15) is 0 Å². The van der Waals surface area contributed by atoms with Gasteiger partial charge >= 0.3 is 0 Å². The summed E-state index contributed by atoms with van der Waals surface area (Å²) in [5.74, 6) is 0. The normalized spacial score (nSPS) is 20.9. The molecule has 1 atom stereocenters. The first-order valence-corrected chi connectivity index (χ1v) is 9.06. The van der Waals surface area contributed by atoms with Crippen LogP contribution in [0.4, 0.5) is 0 Å². The summed E-state index contributed by atoms with van der Waals surface area (Å²) in [7, 11) is 4.48. The highest BCUT2D eigenvalue weighted by Gasteiger charge is 2.38. The molecule has 0 aromatic rings. The summed E-state index contributed by atoms with van der Waals surface area (Å²) in [6.07, 6.45) is 17.6. The van der Waals surface area contributed by atoms with Crippen molar-refractivity contribution in [1.29, 1.82) is 0 Å². The van der Waals surface area contributed by atoms with Gasteiger partial charge < -0.3 is 10.6 Å². The molecular formula is C18H38N2. The number of unbranched alkanes of at least 4 members (excludes halogenated alkanes) is 5. The zero-order valence-electron chi connectivity index (χ0n) is 14.3. The Balaban J connectivity index is 2.38. The second-order valence-electron chi connectivity index (χ2n) is 7.08. The molecule has 1 saturated carbocycles. The Morgan fingerprint density at radius 2 is 1.45 bits per heavy atom. The fourth-order valence-electron chi connectivity index (χ4n) is 3.90. The van der Waals surface area contributed by atoms with Gasteiger partial charge in [-0.05, 0) is 33.4 Å². The van der Waals surface area contributed by atoms with Gasteiger partial charge in [-0.25, -0.2) is 0 Å². The predicted octanol–water partition coefficient (Wildman–Crippen LogP) is 4.72. The molecule has 0 aromatic heterocycles. The standard InChI is InChI=1S/C18H38N2/c1-4-5-6-7-8-11-14-17(19)18(20(2)3)15-12-9-10-13-16-18/h17H,4-16,19H2,1-3H3. The highest BCUT2D eigenvalue weighted by Crippen LogP contribution is 2.35. The minimum Gasteiger partial charge on any atom is -0.326 e. The third kappa shape index (κ3) is 5.37. The smallest absolute Gasteiger partial charge is 0.0354 e. The van der Waals surface area contributed by atoms with E-state index in [0.717, 1.165) is 0 Å². The SMILES string of the molecule is CCCCCCCCC(N)C1(N(C)C)CCCCCC1. The van der Waals surface area contributed by atoms with E-state index in [1.54, 1.807) is 0 Å². The van der Waals surface area contributed by atoms with Crippen LogP contribution in [0.25, 0.3) is 0 Å². The lowest BCUT2D eigenvalue weighted by Gasteiger charge is -2.44. The summed E-state index contributed by atoms with van der Waals surface area (Å²) in [6.45, 7) is 2.28. The van der Waals surface area contributed by atoms with Gasteiger partial charge in [-0.3, -0.25) is 0 Å². The lowest BCUT2D eigenvalue weighted by Crippen LogP contribution is -2.57. The number of hydrogen-bond acceptors (Lipinski definition) is 2. The van der Waals surface area contributed by atoms with Crippen molar-refractivity contribution in [2.24, 2.45) is 5.73 Å². The zero-order chi connectivity index (χ0) is 14.8. The molecule has 1 aliphatic carbocycles. The molecule has 2 heteroatoms. The Hall–Kier alpha value is -0.0800. The monoisotopic (exact) mass is 282 g/mol. The maximum Gasteiger partial charge on any atom is 0.0354 e. The number of nitrogens with two attached hydrogens (primary N) is 1. The van der Waals surface area contributed by atoms with E-state index in [1.807, 2.05) is 0 Å². The van der Waals surface area contributed by atoms with Crippen molar-refractivity contribution in [2.45, 2.75) is 102 Å². The predicted molar refractivity (Wildman–Crippen MR) is 90.1 cm³/mol. The topological polar surface area (TPSA) is 29.3 Å². The molecule has 0 spiro atoms. The van der Waals surface area contributed by atoms with Crippen LogP contribution in [0.5, 0.6) is 0 Å². The molecule has 0 aromatic carbocycles. The molecule has 0 radical (unpaired) electrons. The van der Waals surface area contributed by atoms with Crippen LogP contribution in [0, 0.1) is 0 Å². The highest BCUT2D eigenvalue weighted by atomic mass is 15.2. The summed E-state index contributed by atoms with van der Waals surface area (Å²) in [5, 5.41) is 0. The maximum absolute atomic E-state index is 6.65. The quantitative estimate of drug-likeness (QED) is 0.490. The Morgan fingerprint density at radius 3 is 2.00 bits per heavy atom. The molecule has 20 heavy (non-hydrogen) atoms. The van der Waals surface area contributed by atoms with Gasteiger partial charge in [0.2, 0.25) is 0 Å². The lowest BCUT2D eigenvalue weighted by atomic mass is 9.79. The highest BCUT2D eigenvalue weighted by molar-refractivity contribution is 4.98. The van der Waals surface area contributed by atoms with E-state index < -0.39 is 0 Å². The van der Waals surface area contributed by atoms with Crippen LogP contribution in [-0.4, -0.2) is 30.6 Å². The Labute approximate surface area is 127 Å². The van der Waals surface area contributed by atoms with E-state index in [9.17, 15) is 0 Å². The summed E-state index contributed by atoms with van der Waals surface area (Å²) >= 11 is 0. The van der Waals surface area contributed by atoms with Gasteiger partial charge in [0.25, 0.3) is 0 Å². The van der Waals surface area contributed by atoms with E-state index in [4.69, 9.17) is 5.73 Å². The average Bonchev–Trinajstić information content (AvgIpc) is 2.69. The van der Waals surface area contributed by atoms with E-state index in [2.05, 4.69) is 25.9 Å². The summed E-state index contributed by atoms with van der Waals surface area (Å²) in [6, 6.07) is 0.363. The number of nitrogens with zero attached hydrogens (tertiary/aromatic N) is 1. The van der Waals surface area contributed by atoms with E-state index in [-0.39, 0.29) is 5.54 Å². The molecule has 1 fully saturated rings. The van der Waals surface area contributed by atoms with Crippen LogP contribution < -0.4 is 5.73 Å². The van der Waals surface area contributed by atoms with Crippen molar-refractivity contribution >= 4 is 0 Å². The van der Waals surface area contributed by atoms with Crippen molar-refractivity contribution < 1.29 is 0 Å². The Morgan fingerprint density at radius 1 is 0.900 bits per heavy atom. The van der Waals surface area contributed by atoms with Gasteiger partial charge in [0, 0.05) is 11.6 Å². The van der Waals surface area contributed by atoms with E-state index in [0.29, 0.717) is 6.04 Å². The molecule has 1 unspecified atom stereocenters. The Kier molecular flexibility index (Phi) is 8.79. The number of rotatable bonds is 9. The third-order valence-corrected chi connectivity index (χ3v) is 5.42.